The summed E-state index contributed by atoms with van der Waals surface area (Å²) in [6.45, 7) is 1.81. The average molecular weight is 321 g/mol. The second kappa shape index (κ2) is 5.32. The number of phenols is 1. The van der Waals surface area contributed by atoms with E-state index in [1.165, 1.54) is 6.07 Å². The first-order valence-corrected chi connectivity index (χ1v) is 6.42. The van der Waals surface area contributed by atoms with Gasteiger partial charge < -0.3 is 16.2 Å². The van der Waals surface area contributed by atoms with E-state index in [1.54, 1.807) is 37.3 Å². The van der Waals surface area contributed by atoms with E-state index in [1.807, 2.05) is 0 Å². The molecule has 0 aromatic heterocycles. The zero-order valence-corrected chi connectivity index (χ0v) is 11.9. The summed E-state index contributed by atoms with van der Waals surface area (Å²) in [6, 6.07) is 9.86. The average Bonchev–Trinajstić information content (AvgIpc) is 2.33. The van der Waals surface area contributed by atoms with Gasteiger partial charge in [0.2, 0.25) is 0 Å². The molecule has 19 heavy (non-hydrogen) atoms. The number of aryl methyl sites for hydroxylation is 1. The Morgan fingerprint density at radius 2 is 2.05 bits per heavy atom. The van der Waals surface area contributed by atoms with Crippen LogP contribution >= 0.6 is 15.9 Å². The van der Waals surface area contributed by atoms with Crippen molar-refractivity contribution in [3.63, 3.8) is 0 Å². The number of carbonyl (C=O) groups excluding carboxylic acids is 1. The van der Waals surface area contributed by atoms with E-state index in [2.05, 4.69) is 21.2 Å². The van der Waals surface area contributed by atoms with Crippen molar-refractivity contribution in [2.75, 3.05) is 11.1 Å². The van der Waals surface area contributed by atoms with Gasteiger partial charge in [0.15, 0.2) is 0 Å². The lowest BCUT2D eigenvalue weighted by atomic mass is 10.1. The fraction of sp³-hybridized carbons (Fsp3) is 0.0714. The Hall–Kier alpha value is -2.01. The molecular formula is C14H13BrN2O2. The van der Waals surface area contributed by atoms with Crippen LogP contribution < -0.4 is 11.1 Å². The first kappa shape index (κ1) is 13.4. The van der Waals surface area contributed by atoms with Gasteiger partial charge in [-0.1, -0.05) is 6.07 Å². The third kappa shape index (κ3) is 3.06. The van der Waals surface area contributed by atoms with Gasteiger partial charge in [0.05, 0.1) is 5.69 Å². The van der Waals surface area contributed by atoms with Crippen molar-refractivity contribution in [2.45, 2.75) is 6.92 Å². The summed E-state index contributed by atoms with van der Waals surface area (Å²) in [7, 11) is 0. The summed E-state index contributed by atoms with van der Waals surface area (Å²) in [5.41, 5.74) is 8.07. The van der Waals surface area contributed by atoms with Gasteiger partial charge in [-0.15, -0.1) is 0 Å². The van der Waals surface area contributed by atoms with Gasteiger partial charge in [0.25, 0.3) is 5.91 Å². The van der Waals surface area contributed by atoms with Crippen LogP contribution in [0.2, 0.25) is 0 Å². The summed E-state index contributed by atoms with van der Waals surface area (Å²) >= 11 is 3.31. The van der Waals surface area contributed by atoms with E-state index >= 15 is 0 Å². The molecule has 4 nitrogen and oxygen atoms in total. The molecule has 0 heterocycles. The molecule has 0 atom stereocenters. The topological polar surface area (TPSA) is 75.3 Å². The normalized spacial score (nSPS) is 10.2. The molecule has 5 heteroatoms. The molecule has 0 spiro atoms. The number of amides is 1. The number of rotatable bonds is 2. The highest BCUT2D eigenvalue weighted by Crippen LogP contribution is 2.31. The molecule has 2 aromatic rings. The van der Waals surface area contributed by atoms with Gasteiger partial charge in [0, 0.05) is 15.7 Å². The number of halogens is 1. The molecule has 0 bridgehead atoms. The van der Waals surface area contributed by atoms with Crippen LogP contribution in [0.4, 0.5) is 11.4 Å². The maximum Gasteiger partial charge on any atom is 0.255 e. The molecule has 0 saturated heterocycles. The third-order valence-electron chi connectivity index (χ3n) is 2.66. The van der Waals surface area contributed by atoms with Crippen LogP contribution in [0.15, 0.2) is 40.9 Å². The summed E-state index contributed by atoms with van der Waals surface area (Å²) < 4.78 is 0.627. The van der Waals surface area contributed by atoms with Gasteiger partial charge in [-0.25, -0.2) is 0 Å². The maximum absolute atomic E-state index is 12.1. The fourth-order valence-electron chi connectivity index (χ4n) is 1.75. The van der Waals surface area contributed by atoms with E-state index in [0.717, 1.165) is 5.56 Å². The number of anilines is 2. The smallest absolute Gasteiger partial charge is 0.255 e. The first-order chi connectivity index (χ1) is 8.97. The van der Waals surface area contributed by atoms with Crippen LogP contribution in [0, 0.1) is 6.92 Å². The number of nitrogens with two attached hydrogens (primary N) is 1. The number of nitrogen functional groups attached to an aromatic ring is 1. The van der Waals surface area contributed by atoms with Crippen molar-refractivity contribution in [3.05, 3.63) is 52.0 Å². The van der Waals surface area contributed by atoms with Crippen LogP contribution in [-0.2, 0) is 0 Å². The zero-order valence-electron chi connectivity index (χ0n) is 10.3. The summed E-state index contributed by atoms with van der Waals surface area (Å²) in [6.07, 6.45) is 0. The van der Waals surface area contributed by atoms with E-state index in [-0.39, 0.29) is 11.7 Å². The minimum absolute atomic E-state index is 0.145. The molecule has 0 fully saturated rings. The Morgan fingerprint density at radius 3 is 2.68 bits per heavy atom. The van der Waals surface area contributed by atoms with Crippen LogP contribution in [0.3, 0.4) is 0 Å². The van der Waals surface area contributed by atoms with Crippen molar-refractivity contribution >= 4 is 33.2 Å². The molecule has 2 aromatic carbocycles. The Morgan fingerprint density at radius 1 is 1.32 bits per heavy atom. The lowest BCUT2D eigenvalue weighted by molar-refractivity contribution is 0.102. The van der Waals surface area contributed by atoms with Crippen LogP contribution in [0.25, 0.3) is 0 Å². The van der Waals surface area contributed by atoms with Gasteiger partial charge in [0.1, 0.15) is 5.75 Å². The van der Waals surface area contributed by atoms with E-state index < -0.39 is 0 Å². The van der Waals surface area contributed by atoms with Gasteiger partial charge in [-0.05, 0) is 58.7 Å². The van der Waals surface area contributed by atoms with E-state index in [4.69, 9.17) is 5.73 Å². The van der Waals surface area contributed by atoms with Crippen LogP contribution in [0.5, 0.6) is 5.75 Å². The van der Waals surface area contributed by atoms with Crippen molar-refractivity contribution in [2.24, 2.45) is 0 Å². The minimum atomic E-state index is -0.248. The Balaban J connectivity index is 2.29. The molecule has 0 aliphatic rings. The predicted octanol–water partition coefficient (Wildman–Crippen LogP) is 3.30. The molecule has 0 unspecified atom stereocenters. The van der Waals surface area contributed by atoms with Gasteiger partial charge >= 0.3 is 0 Å². The van der Waals surface area contributed by atoms with Crippen LogP contribution in [-0.4, -0.2) is 11.0 Å². The van der Waals surface area contributed by atoms with Crippen LogP contribution in [0.1, 0.15) is 15.9 Å². The highest BCUT2D eigenvalue weighted by molar-refractivity contribution is 9.10. The van der Waals surface area contributed by atoms with Gasteiger partial charge in [-0.3, -0.25) is 4.79 Å². The SMILES string of the molecule is Cc1cc(O)cc(Br)c1NC(=O)c1cccc(N)c1. The molecule has 0 aliphatic heterocycles. The standard InChI is InChI=1S/C14H13BrN2O2/c1-8-5-11(18)7-12(15)13(8)17-14(19)9-3-2-4-10(16)6-9/h2-7,18H,16H2,1H3,(H,17,19). The second-order valence-electron chi connectivity index (χ2n) is 4.20. The number of benzene rings is 2. The quantitative estimate of drug-likeness (QED) is 0.587. The monoisotopic (exact) mass is 320 g/mol. The Labute approximate surface area is 119 Å². The van der Waals surface area contributed by atoms with Crippen molar-refractivity contribution in [1.29, 1.82) is 0 Å². The lowest BCUT2D eigenvalue weighted by Crippen LogP contribution is -2.13. The van der Waals surface area contributed by atoms with E-state index in [9.17, 15) is 9.90 Å². The number of aromatic hydroxyl groups is 1. The number of nitrogens with one attached hydrogen (secondary N) is 1. The van der Waals surface area contributed by atoms with Crippen molar-refractivity contribution in [1.82, 2.24) is 0 Å². The van der Waals surface area contributed by atoms with E-state index in [0.29, 0.717) is 21.4 Å². The fourth-order valence-corrected chi connectivity index (χ4v) is 2.40. The molecule has 1 amide bonds. The number of carbonyl (C=O) groups is 1. The molecule has 4 N–H and O–H groups in total. The summed E-state index contributed by atoms with van der Waals surface area (Å²) in [5.74, 6) is -0.104. The molecule has 2 rings (SSSR count). The van der Waals surface area contributed by atoms with Gasteiger partial charge in [-0.2, -0.15) is 0 Å². The summed E-state index contributed by atoms with van der Waals surface area (Å²) in [4.78, 5) is 12.1. The number of phenolic OH excluding ortho intramolecular Hbond substituents is 1. The molecule has 0 aliphatic carbocycles. The predicted molar refractivity (Wildman–Crippen MR) is 79.4 cm³/mol. The highest BCUT2D eigenvalue weighted by Gasteiger charge is 2.11. The Kier molecular flexibility index (Phi) is 3.76. The number of hydrogen-bond acceptors (Lipinski definition) is 3. The van der Waals surface area contributed by atoms with Crippen molar-refractivity contribution in [3.8, 4) is 5.75 Å². The largest absolute Gasteiger partial charge is 0.508 e. The molecular weight excluding hydrogens is 308 g/mol. The number of hydrogen-bond donors (Lipinski definition) is 3. The maximum atomic E-state index is 12.1. The summed E-state index contributed by atoms with van der Waals surface area (Å²) in [5, 5.41) is 12.2. The molecule has 0 radical (unpaired) electrons. The third-order valence-corrected chi connectivity index (χ3v) is 3.28. The Bertz CT molecular complexity index is 618. The highest BCUT2D eigenvalue weighted by atomic mass is 79.9. The zero-order chi connectivity index (χ0) is 14.0. The first-order valence-electron chi connectivity index (χ1n) is 5.63. The molecule has 0 saturated carbocycles. The van der Waals surface area contributed by atoms with Crippen molar-refractivity contribution < 1.29 is 9.90 Å². The second-order valence-corrected chi connectivity index (χ2v) is 5.05. The molecule has 98 valence electrons. The minimum Gasteiger partial charge on any atom is -0.508 e. The lowest BCUT2D eigenvalue weighted by Gasteiger charge is -2.11.